The van der Waals surface area contributed by atoms with Gasteiger partial charge in [-0.2, -0.15) is 0 Å². The molecule has 1 unspecified atom stereocenters. The second-order valence-corrected chi connectivity index (χ2v) is 8.01. The Labute approximate surface area is 120 Å². The highest BCUT2D eigenvalue weighted by molar-refractivity contribution is 7.94. The minimum absolute atomic E-state index is 0.165. The molecule has 3 N–H and O–H groups in total. The largest absolute Gasteiger partial charge is 0.393 e. The van der Waals surface area contributed by atoms with E-state index < -0.39 is 36.5 Å². The first-order valence-electron chi connectivity index (χ1n) is 5.58. The maximum absolute atomic E-state index is 12.1. The topological polar surface area (TPSA) is 149 Å². The molecule has 114 valence electrons. The van der Waals surface area contributed by atoms with E-state index in [1.165, 1.54) is 6.08 Å². The molecule has 1 aromatic rings. The molecule has 0 amide bonds. The number of nitrogens with one attached hydrogen (secondary N) is 1. The first-order chi connectivity index (χ1) is 9.61. The number of nitro benzene ring substituents is 1. The van der Waals surface area contributed by atoms with Crippen molar-refractivity contribution in [1.82, 2.24) is 4.72 Å². The van der Waals surface area contributed by atoms with Gasteiger partial charge in [-0.15, -0.1) is 0 Å². The van der Waals surface area contributed by atoms with E-state index in [4.69, 9.17) is 5.73 Å². The summed E-state index contributed by atoms with van der Waals surface area (Å²) in [6.07, 6.45) is 1.21. The van der Waals surface area contributed by atoms with E-state index >= 15 is 0 Å². The lowest BCUT2D eigenvalue weighted by molar-refractivity contribution is -0.384. The molecule has 0 aromatic heterocycles. The van der Waals surface area contributed by atoms with Gasteiger partial charge in [0, 0.05) is 11.5 Å². The Balaban J connectivity index is 2.31. The summed E-state index contributed by atoms with van der Waals surface area (Å²) in [5.41, 5.74) is 4.69. The van der Waals surface area contributed by atoms with Crippen LogP contribution in [0.5, 0.6) is 0 Å². The first-order valence-corrected chi connectivity index (χ1v) is 8.78. The molecule has 0 saturated heterocycles. The highest BCUT2D eigenvalue weighted by Gasteiger charge is 2.28. The molecule has 1 heterocycles. The van der Waals surface area contributed by atoms with Crippen LogP contribution in [0.15, 0.2) is 34.6 Å². The zero-order chi connectivity index (χ0) is 15.8. The van der Waals surface area contributed by atoms with Crippen molar-refractivity contribution < 1.29 is 21.8 Å². The number of benzene rings is 1. The lowest BCUT2D eigenvalue weighted by Gasteiger charge is -2.11. The van der Waals surface area contributed by atoms with Crippen LogP contribution in [-0.2, 0) is 19.9 Å². The van der Waals surface area contributed by atoms with Crippen molar-refractivity contribution in [1.29, 1.82) is 0 Å². The average Bonchev–Trinajstić information content (AvgIpc) is 2.67. The second-order valence-electron chi connectivity index (χ2n) is 4.36. The first kappa shape index (κ1) is 15.4. The fourth-order valence-corrected chi connectivity index (χ4v) is 4.32. The van der Waals surface area contributed by atoms with Crippen LogP contribution >= 0.6 is 0 Å². The molecule has 0 fully saturated rings. The molecule has 0 saturated carbocycles. The monoisotopic (exact) mass is 333 g/mol. The molecular weight excluding hydrogens is 322 g/mol. The van der Waals surface area contributed by atoms with Crippen molar-refractivity contribution in [2.75, 3.05) is 11.5 Å². The van der Waals surface area contributed by atoms with Gasteiger partial charge in [0.05, 0.1) is 21.6 Å². The van der Waals surface area contributed by atoms with Crippen LogP contribution in [0.4, 0.5) is 11.4 Å². The van der Waals surface area contributed by atoms with Crippen molar-refractivity contribution in [2.45, 2.75) is 10.9 Å². The van der Waals surface area contributed by atoms with Crippen molar-refractivity contribution in [3.8, 4) is 0 Å². The number of rotatable bonds is 4. The van der Waals surface area contributed by atoms with Crippen LogP contribution in [0.3, 0.4) is 0 Å². The summed E-state index contributed by atoms with van der Waals surface area (Å²) < 4.78 is 48.8. The van der Waals surface area contributed by atoms with Gasteiger partial charge in [0.15, 0.2) is 9.84 Å². The lowest BCUT2D eigenvalue weighted by atomic mass is 10.3. The van der Waals surface area contributed by atoms with E-state index in [9.17, 15) is 26.9 Å². The van der Waals surface area contributed by atoms with Crippen LogP contribution in [0, 0.1) is 10.1 Å². The van der Waals surface area contributed by atoms with Gasteiger partial charge in [-0.05, 0) is 12.1 Å². The minimum Gasteiger partial charge on any atom is -0.393 e. The van der Waals surface area contributed by atoms with Crippen molar-refractivity contribution >= 4 is 31.2 Å². The predicted molar refractivity (Wildman–Crippen MR) is 74.5 cm³/mol. The van der Waals surface area contributed by atoms with Crippen LogP contribution in [0.25, 0.3) is 0 Å². The Morgan fingerprint density at radius 3 is 2.57 bits per heavy atom. The molecule has 11 heteroatoms. The van der Waals surface area contributed by atoms with Gasteiger partial charge in [-0.25, -0.2) is 21.6 Å². The highest BCUT2D eigenvalue weighted by atomic mass is 32.2. The molecular formula is C10H11N3O6S2. The van der Waals surface area contributed by atoms with Crippen molar-refractivity contribution in [2.24, 2.45) is 0 Å². The van der Waals surface area contributed by atoms with Gasteiger partial charge in [-0.1, -0.05) is 6.08 Å². The number of nitro groups is 1. The van der Waals surface area contributed by atoms with E-state index in [0.29, 0.717) is 0 Å². The van der Waals surface area contributed by atoms with Crippen molar-refractivity contribution in [3.05, 3.63) is 39.8 Å². The standard InChI is InChI=1S/C10H11N3O6S2/c11-9-2-1-8(5-10(9)13(14)15)21(18,19)12-7-3-4-20(16,17)6-7/h1-5,7,12H,6,11H2. The highest BCUT2D eigenvalue weighted by Crippen LogP contribution is 2.25. The number of hydrogen-bond donors (Lipinski definition) is 2. The van der Waals surface area contributed by atoms with Crippen molar-refractivity contribution in [3.63, 3.8) is 0 Å². The fourth-order valence-electron chi connectivity index (χ4n) is 1.77. The Bertz CT molecular complexity index is 828. The second kappa shape index (κ2) is 5.09. The summed E-state index contributed by atoms with van der Waals surface area (Å²) >= 11 is 0. The molecule has 1 aromatic carbocycles. The van der Waals surface area contributed by atoms with Gasteiger partial charge in [0.1, 0.15) is 5.69 Å². The molecule has 1 atom stereocenters. The smallest absolute Gasteiger partial charge is 0.293 e. The van der Waals surface area contributed by atoms with E-state index in [1.807, 2.05) is 0 Å². The SMILES string of the molecule is Nc1ccc(S(=O)(=O)NC2C=CS(=O)(=O)C2)cc1[N+](=O)[O-]. The van der Waals surface area contributed by atoms with Gasteiger partial charge >= 0.3 is 0 Å². The van der Waals surface area contributed by atoms with Gasteiger partial charge in [-0.3, -0.25) is 10.1 Å². The van der Waals surface area contributed by atoms with Crippen LogP contribution < -0.4 is 10.5 Å². The fraction of sp³-hybridized carbons (Fsp3) is 0.200. The molecule has 9 nitrogen and oxygen atoms in total. The van der Waals surface area contributed by atoms with Crippen LogP contribution in [0.1, 0.15) is 0 Å². The summed E-state index contributed by atoms with van der Waals surface area (Å²) in [6.45, 7) is 0. The van der Waals surface area contributed by atoms with Crippen LogP contribution in [-0.4, -0.2) is 33.6 Å². The summed E-state index contributed by atoms with van der Waals surface area (Å²) in [7, 11) is -7.51. The van der Waals surface area contributed by atoms with E-state index in [2.05, 4.69) is 4.72 Å². The molecule has 0 bridgehead atoms. The number of anilines is 1. The van der Waals surface area contributed by atoms with Gasteiger partial charge in [0.2, 0.25) is 10.0 Å². The number of nitrogens with zero attached hydrogens (tertiary/aromatic N) is 1. The number of hydrogen-bond acceptors (Lipinski definition) is 7. The molecule has 0 spiro atoms. The molecule has 0 radical (unpaired) electrons. The Kier molecular flexibility index (Phi) is 3.74. The maximum atomic E-state index is 12.1. The molecule has 1 aliphatic rings. The number of nitrogens with two attached hydrogens (primary N) is 1. The summed E-state index contributed by atoms with van der Waals surface area (Å²) in [4.78, 5) is 9.59. The molecule has 21 heavy (non-hydrogen) atoms. The van der Waals surface area contributed by atoms with Gasteiger partial charge in [0.25, 0.3) is 5.69 Å². The summed E-state index contributed by atoms with van der Waals surface area (Å²) in [5.74, 6) is -0.386. The number of sulfone groups is 1. The zero-order valence-electron chi connectivity index (χ0n) is 10.5. The van der Waals surface area contributed by atoms with E-state index in [1.54, 1.807) is 0 Å². The number of sulfonamides is 1. The molecule has 2 rings (SSSR count). The predicted octanol–water partition coefficient (Wildman–Crippen LogP) is -0.234. The normalized spacial score (nSPS) is 20.5. The van der Waals surface area contributed by atoms with Gasteiger partial charge < -0.3 is 5.73 Å². The average molecular weight is 333 g/mol. The quantitative estimate of drug-likeness (QED) is 0.439. The third kappa shape index (κ3) is 3.37. The van der Waals surface area contributed by atoms with E-state index in [0.717, 1.165) is 23.6 Å². The number of nitrogen functional groups attached to an aromatic ring is 1. The molecule has 1 aliphatic heterocycles. The Morgan fingerprint density at radius 1 is 1.38 bits per heavy atom. The molecule has 0 aliphatic carbocycles. The minimum atomic E-state index is -4.09. The third-order valence-corrected chi connectivity index (χ3v) is 5.63. The zero-order valence-corrected chi connectivity index (χ0v) is 12.1. The lowest BCUT2D eigenvalue weighted by Crippen LogP contribution is -2.35. The summed E-state index contributed by atoms with van der Waals surface area (Å²) in [5, 5.41) is 11.7. The summed E-state index contributed by atoms with van der Waals surface area (Å²) in [6, 6.07) is 2.13. The maximum Gasteiger partial charge on any atom is 0.293 e. The Morgan fingerprint density at radius 2 is 2.05 bits per heavy atom. The van der Waals surface area contributed by atoms with Crippen LogP contribution in [0.2, 0.25) is 0 Å². The Hall–Kier alpha value is -1.98. The third-order valence-electron chi connectivity index (χ3n) is 2.75. The van der Waals surface area contributed by atoms with E-state index in [-0.39, 0.29) is 16.3 Å².